The third kappa shape index (κ3) is 5.81. The molecular formula is C25H33N3O6. The first-order chi connectivity index (χ1) is 16.3. The fourth-order valence-corrected chi connectivity index (χ4v) is 4.54. The van der Waals surface area contributed by atoms with Crippen LogP contribution >= 0.6 is 0 Å². The van der Waals surface area contributed by atoms with Gasteiger partial charge in [-0.05, 0) is 49.4 Å². The largest absolute Gasteiger partial charge is 0.456 e. The number of ether oxygens (including phenoxy) is 1. The molecule has 0 aromatic heterocycles. The maximum absolute atomic E-state index is 12.9. The highest BCUT2D eigenvalue weighted by atomic mass is 16.5. The molecule has 1 heterocycles. The maximum Gasteiger partial charge on any atom is 0.326 e. The molecule has 1 spiro atoms. The van der Waals surface area contributed by atoms with Crippen LogP contribution in [-0.4, -0.2) is 53.2 Å². The summed E-state index contributed by atoms with van der Waals surface area (Å²) in [6, 6.07) is 5.72. The highest BCUT2D eigenvalue weighted by molar-refractivity contribution is 6.09. The normalized spacial score (nSPS) is 21.9. The first-order valence-electron chi connectivity index (χ1n) is 12.0. The number of carbonyl (C=O) groups excluding carboxylic acids is 5. The Kier molecular flexibility index (Phi) is 8.41. The summed E-state index contributed by atoms with van der Waals surface area (Å²) < 4.78 is 5.04. The Hall–Kier alpha value is -3.23. The lowest BCUT2D eigenvalue weighted by Crippen LogP contribution is -2.54. The van der Waals surface area contributed by atoms with Crippen molar-refractivity contribution in [3.05, 3.63) is 29.8 Å². The standard InChI is InChI=1S/C25H33N3O6/c1-3-4-5-9-21(30)26-19-12-10-18(11-13-19)20(29)16-34-22(31)15-28-23(32)25(27-24(28)33)14-7-6-8-17(25)2/h10-13,17H,3-9,14-16H2,1-2H3,(H,26,30)(H,27,33)/t17?,25-/m0/s1. The monoisotopic (exact) mass is 471 g/mol. The number of unbranched alkanes of at least 4 members (excludes halogenated alkanes) is 2. The summed E-state index contributed by atoms with van der Waals surface area (Å²) in [4.78, 5) is 62.7. The highest BCUT2D eigenvalue weighted by Gasteiger charge is 2.55. The van der Waals surface area contributed by atoms with Gasteiger partial charge in [0.25, 0.3) is 5.91 Å². The maximum atomic E-state index is 12.9. The van der Waals surface area contributed by atoms with Gasteiger partial charge in [0.1, 0.15) is 12.1 Å². The van der Waals surface area contributed by atoms with Crippen molar-refractivity contribution < 1.29 is 28.7 Å². The van der Waals surface area contributed by atoms with Gasteiger partial charge in [0, 0.05) is 17.7 Å². The number of anilines is 1. The number of nitrogens with one attached hydrogen (secondary N) is 2. The number of hydrogen-bond acceptors (Lipinski definition) is 6. The average Bonchev–Trinajstić information content (AvgIpc) is 3.05. The van der Waals surface area contributed by atoms with Crippen molar-refractivity contribution in [3.63, 3.8) is 0 Å². The molecule has 1 aliphatic carbocycles. The molecule has 1 saturated heterocycles. The minimum absolute atomic E-state index is 0.00982. The molecule has 4 amide bonds. The number of imide groups is 1. The van der Waals surface area contributed by atoms with E-state index in [1.54, 1.807) is 24.3 Å². The summed E-state index contributed by atoms with van der Waals surface area (Å²) in [7, 11) is 0. The highest BCUT2D eigenvalue weighted by Crippen LogP contribution is 2.38. The lowest BCUT2D eigenvalue weighted by Gasteiger charge is -2.36. The van der Waals surface area contributed by atoms with Gasteiger partial charge in [-0.25, -0.2) is 4.79 Å². The van der Waals surface area contributed by atoms with Crippen LogP contribution in [0.15, 0.2) is 24.3 Å². The van der Waals surface area contributed by atoms with Crippen LogP contribution < -0.4 is 10.6 Å². The summed E-state index contributed by atoms with van der Waals surface area (Å²) in [6.07, 6.45) is 6.54. The molecular weight excluding hydrogens is 438 g/mol. The van der Waals surface area contributed by atoms with Gasteiger partial charge in [-0.15, -0.1) is 0 Å². The fourth-order valence-electron chi connectivity index (χ4n) is 4.54. The zero-order chi connectivity index (χ0) is 24.7. The molecule has 9 heteroatoms. The molecule has 184 valence electrons. The second-order valence-electron chi connectivity index (χ2n) is 9.11. The number of Topliss-reactive ketones (excluding diaryl/α,β-unsaturated/α-hetero) is 1. The fraction of sp³-hybridized carbons (Fsp3) is 0.560. The van der Waals surface area contributed by atoms with E-state index >= 15 is 0 Å². The number of urea groups is 1. The van der Waals surface area contributed by atoms with Gasteiger partial charge in [-0.2, -0.15) is 0 Å². The van der Waals surface area contributed by atoms with E-state index in [1.807, 2.05) is 6.92 Å². The predicted octanol–water partition coefficient (Wildman–Crippen LogP) is 3.43. The first-order valence-corrected chi connectivity index (χ1v) is 12.0. The number of esters is 1. The van der Waals surface area contributed by atoms with E-state index in [-0.39, 0.29) is 11.8 Å². The number of rotatable bonds is 10. The van der Waals surface area contributed by atoms with E-state index in [4.69, 9.17) is 4.74 Å². The summed E-state index contributed by atoms with van der Waals surface area (Å²) in [5.41, 5.74) is -0.0419. The molecule has 2 aliphatic rings. The van der Waals surface area contributed by atoms with Crippen LogP contribution in [0.3, 0.4) is 0 Å². The van der Waals surface area contributed by atoms with E-state index in [1.165, 1.54) is 0 Å². The van der Waals surface area contributed by atoms with Crippen molar-refractivity contribution in [3.8, 4) is 0 Å². The molecule has 0 radical (unpaired) electrons. The predicted molar refractivity (Wildman–Crippen MR) is 125 cm³/mol. The van der Waals surface area contributed by atoms with Crippen molar-refractivity contribution in [2.24, 2.45) is 5.92 Å². The molecule has 1 saturated carbocycles. The molecule has 1 unspecified atom stereocenters. The van der Waals surface area contributed by atoms with Crippen LogP contribution in [0.4, 0.5) is 10.5 Å². The number of nitrogens with zero attached hydrogens (tertiary/aromatic N) is 1. The zero-order valence-corrected chi connectivity index (χ0v) is 19.9. The van der Waals surface area contributed by atoms with E-state index < -0.39 is 42.4 Å². The molecule has 9 nitrogen and oxygen atoms in total. The SMILES string of the molecule is CCCCCC(=O)Nc1ccc(C(=O)COC(=O)CN2C(=O)N[C@]3(CCCCC3C)C2=O)cc1. The van der Waals surface area contributed by atoms with E-state index in [0.29, 0.717) is 24.1 Å². The summed E-state index contributed by atoms with van der Waals surface area (Å²) in [5, 5.41) is 5.56. The first kappa shape index (κ1) is 25.4. The van der Waals surface area contributed by atoms with Gasteiger partial charge in [0.15, 0.2) is 12.4 Å². The average molecular weight is 472 g/mol. The second kappa shape index (κ2) is 11.3. The van der Waals surface area contributed by atoms with Crippen LogP contribution in [-0.2, 0) is 19.1 Å². The molecule has 1 aromatic carbocycles. The van der Waals surface area contributed by atoms with Gasteiger partial charge < -0.3 is 15.4 Å². The van der Waals surface area contributed by atoms with Crippen molar-refractivity contribution in [2.45, 2.75) is 70.8 Å². The smallest absolute Gasteiger partial charge is 0.326 e. The summed E-state index contributed by atoms with van der Waals surface area (Å²) >= 11 is 0. The Morgan fingerprint density at radius 1 is 1.15 bits per heavy atom. The molecule has 1 aromatic rings. The minimum Gasteiger partial charge on any atom is -0.456 e. The second-order valence-corrected chi connectivity index (χ2v) is 9.11. The molecule has 2 atom stereocenters. The topological polar surface area (TPSA) is 122 Å². The molecule has 2 N–H and O–H groups in total. The Morgan fingerprint density at radius 3 is 2.56 bits per heavy atom. The van der Waals surface area contributed by atoms with Gasteiger partial charge >= 0.3 is 12.0 Å². The van der Waals surface area contributed by atoms with Crippen molar-refractivity contribution in [1.82, 2.24) is 10.2 Å². The summed E-state index contributed by atoms with van der Waals surface area (Å²) in [5.74, 6) is -1.74. The minimum atomic E-state index is -0.946. The molecule has 0 bridgehead atoms. The molecule has 3 rings (SSSR count). The van der Waals surface area contributed by atoms with Crippen LogP contribution in [0.5, 0.6) is 0 Å². The van der Waals surface area contributed by atoms with Gasteiger partial charge in [0.2, 0.25) is 5.91 Å². The van der Waals surface area contributed by atoms with Gasteiger partial charge in [-0.3, -0.25) is 24.1 Å². The number of benzene rings is 1. The Morgan fingerprint density at radius 2 is 1.88 bits per heavy atom. The van der Waals surface area contributed by atoms with Crippen LogP contribution in [0.25, 0.3) is 0 Å². The Balaban J connectivity index is 1.47. The van der Waals surface area contributed by atoms with Crippen molar-refractivity contribution >= 4 is 35.3 Å². The van der Waals surface area contributed by atoms with E-state index in [0.717, 1.165) is 43.4 Å². The molecule has 2 fully saturated rings. The number of hydrogen-bond donors (Lipinski definition) is 2. The summed E-state index contributed by atoms with van der Waals surface area (Å²) in [6.45, 7) is 2.96. The van der Waals surface area contributed by atoms with Gasteiger partial charge in [-0.1, -0.05) is 39.5 Å². The van der Waals surface area contributed by atoms with Crippen LogP contribution in [0.1, 0.15) is 75.6 Å². The quantitative estimate of drug-likeness (QED) is 0.233. The Labute approximate surface area is 199 Å². The van der Waals surface area contributed by atoms with Crippen LogP contribution in [0, 0.1) is 5.92 Å². The lowest BCUT2D eigenvalue weighted by atomic mass is 9.73. The zero-order valence-electron chi connectivity index (χ0n) is 19.9. The number of carbonyl (C=O) groups is 5. The number of ketones is 1. The van der Waals surface area contributed by atoms with E-state index in [9.17, 15) is 24.0 Å². The Bertz CT molecular complexity index is 944. The third-order valence-corrected chi connectivity index (χ3v) is 6.65. The van der Waals surface area contributed by atoms with Crippen LogP contribution in [0.2, 0.25) is 0 Å². The molecule has 34 heavy (non-hydrogen) atoms. The lowest BCUT2D eigenvalue weighted by molar-refractivity contribution is -0.147. The van der Waals surface area contributed by atoms with Crippen molar-refractivity contribution in [1.29, 1.82) is 0 Å². The van der Waals surface area contributed by atoms with Crippen molar-refractivity contribution in [2.75, 3.05) is 18.5 Å². The van der Waals surface area contributed by atoms with Gasteiger partial charge in [0.05, 0.1) is 0 Å². The third-order valence-electron chi connectivity index (χ3n) is 6.65. The number of amides is 4. The molecule has 1 aliphatic heterocycles. The van der Waals surface area contributed by atoms with E-state index in [2.05, 4.69) is 17.6 Å².